The van der Waals surface area contributed by atoms with Gasteiger partial charge in [-0.05, 0) is 17.5 Å². The zero-order valence-electron chi connectivity index (χ0n) is 9.33. The second-order valence-electron chi connectivity index (χ2n) is 2.68. The second-order valence-corrected chi connectivity index (χ2v) is 2.68. The molecule has 1 rings (SSSR count). The predicted octanol–water partition coefficient (Wildman–Crippen LogP) is 3.28. The van der Waals surface area contributed by atoms with E-state index in [1.165, 1.54) is 5.56 Å². The van der Waals surface area contributed by atoms with E-state index in [1.54, 1.807) is 6.08 Å². The molecular weight excluding hydrogens is 172 g/mol. The van der Waals surface area contributed by atoms with E-state index in [4.69, 9.17) is 5.11 Å². The maximum atomic E-state index is 8.54. The number of benzene rings is 1. The van der Waals surface area contributed by atoms with Gasteiger partial charge in [0.25, 0.3) is 0 Å². The molecule has 0 aromatic heterocycles. The van der Waals surface area contributed by atoms with Gasteiger partial charge in [0.15, 0.2) is 0 Å². The third-order valence-corrected chi connectivity index (χ3v) is 1.80. The molecule has 0 aliphatic carbocycles. The van der Waals surface area contributed by atoms with Crippen LogP contribution in [0.4, 0.5) is 0 Å². The lowest BCUT2D eigenvalue weighted by Crippen LogP contribution is -1.79. The van der Waals surface area contributed by atoms with E-state index < -0.39 is 0 Å². The molecule has 0 radical (unpaired) electrons. The van der Waals surface area contributed by atoms with Crippen LogP contribution in [0.1, 0.15) is 31.9 Å². The Morgan fingerprint density at radius 1 is 1.14 bits per heavy atom. The number of aliphatic hydroxyl groups excluding tert-OH is 1. The lowest BCUT2D eigenvalue weighted by atomic mass is 10.1. The highest BCUT2D eigenvalue weighted by atomic mass is 16.2. The van der Waals surface area contributed by atoms with Crippen LogP contribution in [0.15, 0.2) is 30.3 Å². The zero-order chi connectivity index (χ0) is 10.8. The molecule has 0 heterocycles. The van der Waals surface area contributed by atoms with Gasteiger partial charge in [-0.25, -0.2) is 0 Å². The Morgan fingerprint density at radius 3 is 2.14 bits per heavy atom. The number of hydrogen-bond donors (Lipinski definition) is 1. The monoisotopic (exact) mass is 192 g/mol. The van der Waals surface area contributed by atoms with E-state index in [9.17, 15) is 0 Å². The van der Waals surface area contributed by atoms with E-state index in [-0.39, 0.29) is 6.61 Å². The fourth-order valence-corrected chi connectivity index (χ4v) is 1.05. The molecule has 0 unspecified atom stereocenters. The van der Waals surface area contributed by atoms with Crippen molar-refractivity contribution in [3.63, 3.8) is 0 Å². The van der Waals surface area contributed by atoms with Crippen molar-refractivity contribution < 1.29 is 5.11 Å². The standard InChI is InChI=1S/C11H14O.C2H6/c1-2-10-5-7-11(8-6-10)4-3-9-12;1-2/h3-8,12H,2,9H2,1H3;1-2H3/b4-3+;. The zero-order valence-corrected chi connectivity index (χ0v) is 9.33. The van der Waals surface area contributed by atoms with Gasteiger partial charge in [-0.3, -0.25) is 0 Å². The van der Waals surface area contributed by atoms with Gasteiger partial charge in [0.2, 0.25) is 0 Å². The molecule has 1 nitrogen and oxygen atoms in total. The molecule has 78 valence electrons. The molecule has 0 amide bonds. The minimum atomic E-state index is 0.107. The normalized spacial score (nSPS) is 9.71. The first kappa shape index (κ1) is 12.9. The smallest absolute Gasteiger partial charge is 0.0615 e. The molecule has 1 aromatic carbocycles. The summed E-state index contributed by atoms with van der Waals surface area (Å²) in [6.45, 7) is 6.24. The molecule has 1 heteroatoms. The van der Waals surface area contributed by atoms with Crippen LogP contribution in [0.3, 0.4) is 0 Å². The van der Waals surface area contributed by atoms with Crippen molar-refractivity contribution in [1.29, 1.82) is 0 Å². The second kappa shape index (κ2) is 8.52. The quantitative estimate of drug-likeness (QED) is 0.779. The van der Waals surface area contributed by atoms with E-state index in [2.05, 4.69) is 31.2 Å². The van der Waals surface area contributed by atoms with Gasteiger partial charge in [-0.1, -0.05) is 57.2 Å². The molecule has 0 spiro atoms. The maximum Gasteiger partial charge on any atom is 0.0615 e. The minimum Gasteiger partial charge on any atom is -0.392 e. The van der Waals surface area contributed by atoms with Crippen molar-refractivity contribution >= 4 is 6.08 Å². The summed E-state index contributed by atoms with van der Waals surface area (Å²) in [5.41, 5.74) is 2.48. The molecule has 0 bridgehead atoms. The van der Waals surface area contributed by atoms with Gasteiger partial charge in [0, 0.05) is 0 Å². The van der Waals surface area contributed by atoms with E-state index in [0.717, 1.165) is 12.0 Å². The van der Waals surface area contributed by atoms with Crippen molar-refractivity contribution in [2.45, 2.75) is 27.2 Å². The first-order chi connectivity index (χ1) is 6.86. The van der Waals surface area contributed by atoms with Crippen molar-refractivity contribution in [2.24, 2.45) is 0 Å². The molecule has 14 heavy (non-hydrogen) atoms. The van der Waals surface area contributed by atoms with Gasteiger partial charge in [0.1, 0.15) is 0 Å². The summed E-state index contributed by atoms with van der Waals surface area (Å²) in [7, 11) is 0. The first-order valence-corrected chi connectivity index (χ1v) is 5.23. The summed E-state index contributed by atoms with van der Waals surface area (Å²) in [6.07, 6.45) is 4.73. The van der Waals surface area contributed by atoms with E-state index in [0.29, 0.717) is 0 Å². The maximum absolute atomic E-state index is 8.54. The molecule has 0 fully saturated rings. The minimum absolute atomic E-state index is 0.107. The Balaban J connectivity index is 0.000000791. The largest absolute Gasteiger partial charge is 0.392 e. The lowest BCUT2D eigenvalue weighted by molar-refractivity contribution is 0.343. The van der Waals surface area contributed by atoms with Crippen LogP contribution >= 0.6 is 0 Å². The fourth-order valence-electron chi connectivity index (χ4n) is 1.05. The summed E-state index contributed by atoms with van der Waals surface area (Å²) in [6, 6.07) is 8.34. The Bertz CT molecular complexity index is 246. The Hall–Kier alpha value is -1.08. The summed E-state index contributed by atoms with van der Waals surface area (Å²) >= 11 is 0. The molecular formula is C13H20O. The Kier molecular flexibility index (Phi) is 7.86. The van der Waals surface area contributed by atoms with Crippen LogP contribution in [-0.2, 0) is 6.42 Å². The first-order valence-electron chi connectivity index (χ1n) is 5.23. The van der Waals surface area contributed by atoms with Gasteiger partial charge >= 0.3 is 0 Å². The summed E-state index contributed by atoms with van der Waals surface area (Å²) in [5.74, 6) is 0. The highest BCUT2D eigenvalue weighted by Crippen LogP contribution is 2.06. The summed E-state index contributed by atoms with van der Waals surface area (Å²) < 4.78 is 0. The van der Waals surface area contributed by atoms with Gasteiger partial charge in [-0.15, -0.1) is 0 Å². The molecule has 0 aliphatic rings. The van der Waals surface area contributed by atoms with Gasteiger partial charge < -0.3 is 5.11 Å². The fraction of sp³-hybridized carbons (Fsp3) is 0.385. The summed E-state index contributed by atoms with van der Waals surface area (Å²) in [5, 5.41) is 8.54. The Morgan fingerprint density at radius 2 is 1.71 bits per heavy atom. The van der Waals surface area contributed by atoms with Gasteiger partial charge in [0.05, 0.1) is 6.61 Å². The van der Waals surface area contributed by atoms with Crippen molar-refractivity contribution in [2.75, 3.05) is 6.61 Å². The van der Waals surface area contributed by atoms with Crippen LogP contribution in [-0.4, -0.2) is 11.7 Å². The number of aryl methyl sites for hydroxylation is 1. The molecule has 0 atom stereocenters. The van der Waals surface area contributed by atoms with E-state index >= 15 is 0 Å². The third-order valence-electron chi connectivity index (χ3n) is 1.80. The van der Waals surface area contributed by atoms with Crippen LogP contribution in [0, 0.1) is 0 Å². The Labute approximate surface area is 87.1 Å². The number of hydrogen-bond acceptors (Lipinski definition) is 1. The summed E-state index contributed by atoms with van der Waals surface area (Å²) in [4.78, 5) is 0. The average molecular weight is 192 g/mol. The predicted molar refractivity (Wildman–Crippen MR) is 63.3 cm³/mol. The van der Waals surface area contributed by atoms with Crippen LogP contribution in [0.25, 0.3) is 6.08 Å². The van der Waals surface area contributed by atoms with E-state index in [1.807, 2.05) is 19.9 Å². The molecule has 0 aliphatic heterocycles. The molecule has 1 N–H and O–H groups in total. The SMILES string of the molecule is CC.CCc1ccc(/C=C/CO)cc1. The number of aliphatic hydroxyl groups is 1. The van der Waals surface area contributed by atoms with Crippen molar-refractivity contribution in [3.8, 4) is 0 Å². The third kappa shape index (κ3) is 4.83. The average Bonchev–Trinajstić information content (AvgIpc) is 2.30. The molecule has 0 saturated heterocycles. The highest BCUT2D eigenvalue weighted by molar-refractivity contribution is 5.49. The van der Waals surface area contributed by atoms with Crippen LogP contribution in [0.5, 0.6) is 0 Å². The van der Waals surface area contributed by atoms with Crippen LogP contribution < -0.4 is 0 Å². The lowest BCUT2D eigenvalue weighted by Gasteiger charge is -1.96. The highest BCUT2D eigenvalue weighted by Gasteiger charge is 1.87. The molecule has 0 saturated carbocycles. The van der Waals surface area contributed by atoms with Crippen LogP contribution in [0.2, 0.25) is 0 Å². The molecule has 1 aromatic rings. The van der Waals surface area contributed by atoms with Crippen molar-refractivity contribution in [1.82, 2.24) is 0 Å². The topological polar surface area (TPSA) is 20.2 Å². The van der Waals surface area contributed by atoms with Gasteiger partial charge in [-0.2, -0.15) is 0 Å². The van der Waals surface area contributed by atoms with Crippen molar-refractivity contribution in [3.05, 3.63) is 41.5 Å². The number of rotatable bonds is 3.